The van der Waals surface area contributed by atoms with E-state index in [1.807, 2.05) is 7.05 Å². The normalized spacial score (nSPS) is 26.8. The summed E-state index contributed by atoms with van der Waals surface area (Å²) >= 11 is 0. The second-order valence-electron chi connectivity index (χ2n) is 5.74. The van der Waals surface area contributed by atoms with E-state index in [2.05, 4.69) is 23.6 Å². The van der Waals surface area contributed by atoms with Crippen molar-refractivity contribution in [3.63, 3.8) is 0 Å². The number of hydrogen-bond acceptors (Lipinski definition) is 5. The molecule has 0 spiro atoms. The summed E-state index contributed by atoms with van der Waals surface area (Å²) in [5.41, 5.74) is 0. The summed E-state index contributed by atoms with van der Waals surface area (Å²) in [6, 6.07) is 0. The van der Waals surface area contributed by atoms with Crippen molar-refractivity contribution >= 4 is 0 Å². The first kappa shape index (κ1) is 16.9. The van der Waals surface area contributed by atoms with E-state index in [0.717, 1.165) is 39.2 Å². The van der Waals surface area contributed by atoms with Crippen molar-refractivity contribution in [1.82, 2.24) is 9.80 Å². The Morgan fingerprint density at radius 1 is 1.37 bits per heavy atom. The molecule has 0 aliphatic carbocycles. The Labute approximate surface area is 117 Å². The van der Waals surface area contributed by atoms with Crippen LogP contribution in [0.2, 0.25) is 0 Å². The SMILES string of the molecule is COCCCN(C)CC(O)CN1CC(C)OC(C)C1. The number of rotatable bonds is 8. The Morgan fingerprint density at radius 3 is 2.58 bits per heavy atom. The number of aliphatic hydroxyl groups is 1. The molecule has 1 rings (SSSR count). The highest BCUT2D eigenvalue weighted by Crippen LogP contribution is 2.11. The molecule has 0 aromatic carbocycles. The Kier molecular flexibility index (Phi) is 7.87. The molecule has 3 atom stereocenters. The van der Waals surface area contributed by atoms with Crippen LogP contribution in [0.15, 0.2) is 0 Å². The fourth-order valence-corrected chi connectivity index (χ4v) is 2.72. The zero-order valence-electron chi connectivity index (χ0n) is 12.8. The van der Waals surface area contributed by atoms with Gasteiger partial charge < -0.3 is 19.5 Å². The zero-order chi connectivity index (χ0) is 14.3. The Hall–Kier alpha value is -0.200. The summed E-state index contributed by atoms with van der Waals surface area (Å²) in [5.74, 6) is 0. The smallest absolute Gasteiger partial charge is 0.0793 e. The molecule has 114 valence electrons. The predicted octanol–water partition coefficient (Wildman–Crippen LogP) is 0.425. The molecule has 0 aromatic heterocycles. The maximum Gasteiger partial charge on any atom is 0.0793 e. The predicted molar refractivity (Wildman–Crippen MR) is 76.4 cm³/mol. The van der Waals surface area contributed by atoms with E-state index in [1.165, 1.54) is 0 Å². The maximum absolute atomic E-state index is 10.1. The third-order valence-corrected chi connectivity index (χ3v) is 3.37. The number of nitrogens with zero attached hydrogens (tertiary/aromatic N) is 2. The van der Waals surface area contributed by atoms with Gasteiger partial charge in [0.1, 0.15) is 0 Å². The molecule has 3 unspecified atom stereocenters. The standard InChI is InChI=1S/C14H30N2O3/c1-12-8-16(9-13(2)19-12)11-14(17)10-15(3)6-5-7-18-4/h12-14,17H,5-11H2,1-4H3. The average molecular weight is 274 g/mol. The van der Waals surface area contributed by atoms with Crippen LogP contribution < -0.4 is 0 Å². The third-order valence-electron chi connectivity index (χ3n) is 3.37. The van der Waals surface area contributed by atoms with Gasteiger partial charge in [0, 0.05) is 46.4 Å². The monoisotopic (exact) mass is 274 g/mol. The van der Waals surface area contributed by atoms with E-state index in [0.29, 0.717) is 6.54 Å². The van der Waals surface area contributed by atoms with Crippen LogP contribution >= 0.6 is 0 Å². The van der Waals surface area contributed by atoms with E-state index in [9.17, 15) is 5.11 Å². The molecule has 1 heterocycles. The molecule has 0 amide bonds. The Morgan fingerprint density at radius 2 is 2.00 bits per heavy atom. The van der Waals surface area contributed by atoms with Crippen molar-refractivity contribution in [2.45, 2.75) is 38.6 Å². The van der Waals surface area contributed by atoms with Gasteiger partial charge in [-0.25, -0.2) is 0 Å². The van der Waals surface area contributed by atoms with Crippen molar-refractivity contribution < 1.29 is 14.6 Å². The van der Waals surface area contributed by atoms with Crippen molar-refractivity contribution in [1.29, 1.82) is 0 Å². The molecule has 1 saturated heterocycles. The summed E-state index contributed by atoms with van der Waals surface area (Å²) in [6.45, 7) is 9.18. The first-order valence-corrected chi connectivity index (χ1v) is 7.24. The number of likely N-dealkylation sites (N-methyl/N-ethyl adjacent to an activating group) is 1. The quantitative estimate of drug-likeness (QED) is 0.650. The lowest BCUT2D eigenvalue weighted by atomic mass is 10.2. The average Bonchev–Trinajstić information content (AvgIpc) is 2.27. The molecule has 1 aliphatic heterocycles. The minimum absolute atomic E-state index is 0.260. The van der Waals surface area contributed by atoms with Gasteiger partial charge in [-0.2, -0.15) is 0 Å². The zero-order valence-corrected chi connectivity index (χ0v) is 12.8. The number of β-amino-alcohol motifs (C(OH)–C–C–N with tert-alkyl or cyclic N) is 1. The lowest BCUT2D eigenvalue weighted by Crippen LogP contribution is -2.49. The van der Waals surface area contributed by atoms with Crippen LogP contribution in [-0.2, 0) is 9.47 Å². The molecule has 5 nitrogen and oxygen atoms in total. The molecule has 0 aromatic rings. The number of aliphatic hydroxyl groups excluding tert-OH is 1. The highest BCUT2D eigenvalue weighted by atomic mass is 16.5. The van der Waals surface area contributed by atoms with Gasteiger partial charge in [-0.1, -0.05) is 0 Å². The fourth-order valence-electron chi connectivity index (χ4n) is 2.72. The van der Waals surface area contributed by atoms with Crippen LogP contribution in [0.3, 0.4) is 0 Å². The molecular weight excluding hydrogens is 244 g/mol. The van der Waals surface area contributed by atoms with Gasteiger partial charge in [-0.3, -0.25) is 4.90 Å². The molecule has 1 N–H and O–H groups in total. The summed E-state index contributed by atoms with van der Waals surface area (Å²) < 4.78 is 10.7. The fraction of sp³-hybridized carbons (Fsp3) is 1.00. The molecule has 0 bridgehead atoms. The minimum atomic E-state index is -0.301. The van der Waals surface area contributed by atoms with Gasteiger partial charge in [0.2, 0.25) is 0 Å². The first-order valence-electron chi connectivity index (χ1n) is 7.24. The van der Waals surface area contributed by atoms with Gasteiger partial charge in [0.05, 0.1) is 18.3 Å². The van der Waals surface area contributed by atoms with Crippen molar-refractivity contribution in [3.8, 4) is 0 Å². The topological polar surface area (TPSA) is 45.2 Å². The van der Waals surface area contributed by atoms with Crippen molar-refractivity contribution in [2.24, 2.45) is 0 Å². The Bertz CT molecular complexity index is 231. The third kappa shape index (κ3) is 7.22. The summed E-state index contributed by atoms with van der Waals surface area (Å²) in [5, 5.41) is 10.1. The number of methoxy groups -OCH3 is 1. The van der Waals surface area contributed by atoms with E-state index in [1.54, 1.807) is 7.11 Å². The molecular formula is C14H30N2O3. The van der Waals surface area contributed by atoms with Crippen LogP contribution in [-0.4, -0.2) is 86.7 Å². The molecule has 5 heteroatoms. The number of hydrogen-bond donors (Lipinski definition) is 1. The first-order chi connectivity index (χ1) is 9.01. The summed E-state index contributed by atoms with van der Waals surface area (Å²) in [7, 11) is 3.76. The molecule has 1 aliphatic rings. The summed E-state index contributed by atoms with van der Waals surface area (Å²) in [6.07, 6.45) is 1.22. The van der Waals surface area contributed by atoms with Crippen molar-refractivity contribution in [2.75, 3.05) is 53.5 Å². The van der Waals surface area contributed by atoms with Crippen LogP contribution in [0.1, 0.15) is 20.3 Å². The van der Waals surface area contributed by atoms with Crippen LogP contribution in [0, 0.1) is 0 Å². The van der Waals surface area contributed by atoms with Crippen LogP contribution in [0.4, 0.5) is 0 Å². The second-order valence-corrected chi connectivity index (χ2v) is 5.74. The van der Waals surface area contributed by atoms with E-state index >= 15 is 0 Å². The lowest BCUT2D eigenvalue weighted by molar-refractivity contribution is -0.0777. The van der Waals surface area contributed by atoms with E-state index in [4.69, 9.17) is 9.47 Å². The van der Waals surface area contributed by atoms with Gasteiger partial charge in [-0.15, -0.1) is 0 Å². The van der Waals surface area contributed by atoms with E-state index in [-0.39, 0.29) is 18.3 Å². The van der Waals surface area contributed by atoms with Gasteiger partial charge in [-0.05, 0) is 27.3 Å². The highest BCUT2D eigenvalue weighted by molar-refractivity contribution is 4.76. The number of morpholine rings is 1. The maximum atomic E-state index is 10.1. The largest absolute Gasteiger partial charge is 0.390 e. The van der Waals surface area contributed by atoms with Gasteiger partial charge in [0.25, 0.3) is 0 Å². The van der Waals surface area contributed by atoms with Crippen LogP contribution in [0.25, 0.3) is 0 Å². The van der Waals surface area contributed by atoms with Crippen LogP contribution in [0.5, 0.6) is 0 Å². The van der Waals surface area contributed by atoms with Gasteiger partial charge in [0.15, 0.2) is 0 Å². The van der Waals surface area contributed by atoms with Crippen molar-refractivity contribution in [3.05, 3.63) is 0 Å². The Balaban J connectivity index is 2.20. The lowest BCUT2D eigenvalue weighted by Gasteiger charge is -2.36. The summed E-state index contributed by atoms with van der Waals surface area (Å²) in [4.78, 5) is 4.46. The number of ether oxygens (including phenoxy) is 2. The molecule has 0 saturated carbocycles. The molecule has 19 heavy (non-hydrogen) atoms. The van der Waals surface area contributed by atoms with E-state index < -0.39 is 0 Å². The highest BCUT2D eigenvalue weighted by Gasteiger charge is 2.24. The molecule has 0 radical (unpaired) electrons. The minimum Gasteiger partial charge on any atom is -0.390 e. The second kappa shape index (κ2) is 8.87. The molecule has 1 fully saturated rings. The van der Waals surface area contributed by atoms with Gasteiger partial charge >= 0.3 is 0 Å².